The summed E-state index contributed by atoms with van der Waals surface area (Å²) in [4.78, 5) is 16.8. The van der Waals surface area contributed by atoms with E-state index in [2.05, 4.69) is 26.0 Å². The highest BCUT2D eigenvalue weighted by atomic mass is 79.9. The van der Waals surface area contributed by atoms with Crippen LogP contribution in [0.5, 0.6) is 0 Å². The summed E-state index contributed by atoms with van der Waals surface area (Å²) in [5.74, 6) is 0.0413. The second kappa shape index (κ2) is 6.85. The molecule has 6 nitrogen and oxygen atoms in total. The van der Waals surface area contributed by atoms with Gasteiger partial charge in [0.25, 0.3) is 0 Å². The molecule has 0 aliphatic carbocycles. The highest BCUT2D eigenvalue weighted by molar-refractivity contribution is 9.10. The number of nitrogens with zero attached hydrogens (tertiary/aromatic N) is 3. The third kappa shape index (κ3) is 3.17. The summed E-state index contributed by atoms with van der Waals surface area (Å²) < 4.78 is 7.51. The lowest BCUT2D eigenvalue weighted by molar-refractivity contribution is 0.0602. The van der Waals surface area contributed by atoms with E-state index in [0.717, 1.165) is 21.3 Å². The number of aromatic nitrogens is 3. The van der Waals surface area contributed by atoms with Crippen LogP contribution in [-0.2, 0) is 4.74 Å². The molecule has 0 saturated carbocycles. The summed E-state index contributed by atoms with van der Waals surface area (Å²) >= 11 is 3.49. The number of hydrogen-bond acceptors (Lipinski definition) is 5. The largest absolute Gasteiger partial charge is 0.465 e. The maximum absolute atomic E-state index is 12.2. The molecule has 27 heavy (non-hydrogen) atoms. The molecule has 2 N–H and O–H groups in total. The molecule has 0 amide bonds. The van der Waals surface area contributed by atoms with E-state index >= 15 is 0 Å². The van der Waals surface area contributed by atoms with Crippen molar-refractivity contribution in [1.82, 2.24) is 14.6 Å². The SMILES string of the molecule is COC(=O)c1ccc(-c2cccc(Br)c2)n2nc(-c3ccc(N)cc3)nc12. The zero-order valence-electron chi connectivity index (χ0n) is 14.4. The Bertz CT molecular complexity index is 1150. The summed E-state index contributed by atoms with van der Waals surface area (Å²) in [5.41, 5.74) is 9.78. The first-order chi connectivity index (χ1) is 13.1. The maximum Gasteiger partial charge on any atom is 0.341 e. The van der Waals surface area contributed by atoms with Gasteiger partial charge in [-0.3, -0.25) is 0 Å². The highest BCUT2D eigenvalue weighted by Crippen LogP contribution is 2.27. The summed E-state index contributed by atoms with van der Waals surface area (Å²) in [5, 5.41) is 4.64. The number of nitrogens with two attached hydrogens (primary N) is 1. The molecule has 0 atom stereocenters. The van der Waals surface area contributed by atoms with Crippen molar-refractivity contribution in [1.29, 1.82) is 0 Å². The molecule has 0 aliphatic rings. The molecule has 2 aromatic heterocycles. The van der Waals surface area contributed by atoms with Crippen LogP contribution < -0.4 is 5.73 Å². The number of carbonyl (C=O) groups is 1. The fraction of sp³-hybridized carbons (Fsp3) is 0.0500. The number of methoxy groups -OCH3 is 1. The van der Waals surface area contributed by atoms with E-state index in [9.17, 15) is 4.79 Å². The Kier molecular flexibility index (Phi) is 4.37. The van der Waals surface area contributed by atoms with Crippen LogP contribution in [0.1, 0.15) is 10.4 Å². The van der Waals surface area contributed by atoms with Gasteiger partial charge in [-0.1, -0.05) is 28.1 Å². The van der Waals surface area contributed by atoms with Crippen molar-refractivity contribution in [3.05, 3.63) is 70.7 Å². The van der Waals surface area contributed by atoms with Gasteiger partial charge in [0, 0.05) is 21.3 Å². The number of ether oxygens (including phenoxy) is 1. The molecular weight excluding hydrogens is 408 g/mol. The van der Waals surface area contributed by atoms with E-state index < -0.39 is 5.97 Å². The smallest absolute Gasteiger partial charge is 0.341 e. The van der Waals surface area contributed by atoms with Gasteiger partial charge >= 0.3 is 5.97 Å². The Morgan fingerprint density at radius 2 is 1.85 bits per heavy atom. The van der Waals surface area contributed by atoms with Gasteiger partial charge < -0.3 is 10.5 Å². The second-order valence-corrected chi connectivity index (χ2v) is 6.84. The topological polar surface area (TPSA) is 82.5 Å². The van der Waals surface area contributed by atoms with Gasteiger partial charge in [0.15, 0.2) is 11.5 Å². The highest BCUT2D eigenvalue weighted by Gasteiger charge is 2.19. The Morgan fingerprint density at radius 1 is 1.07 bits per heavy atom. The molecule has 0 unspecified atom stereocenters. The van der Waals surface area contributed by atoms with Gasteiger partial charge in [0.2, 0.25) is 0 Å². The lowest BCUT2D eigenvalue weighted by Crippen LogP contribution is -2.06. The average molecular weight is 423 g/mol. The van der Waals surface area contributed by atoms with Crippen molar-refractivity contribution in [2.75, 3.05) is 12.8 Å². The Balaban J connectivity index is 1.97. The molecule has 0 bridgehead atoms. The number of fused-ring (bicyclic) bond motifs is 1. The number of halogens is 1. The van der Waals surface area contributed by atoms with Crippen molar-refractivity contribution in [2.24, 2.45) is 0 Å². The third-order valence-electron chi connectivity index (χ3n) is 4.18. The Morgan fingerprint density at radius 3 is 2.56 bits per heavy atom. The van der Waals surface area contributed by atoms with Crippen LogP contribution >= 0.6 is 15.9 Å². The zero-order valence-corrected chi connectivity index (χ0v) is 16.0. The molecule has 134 valence electrons. The number of rotatable bonds is 3. The van der Waals surface area contributed by atoms with E-state index in [1.165, 1.54) is 7.11 Å². The molecule has 0 saturated heterocycles. The molecule has 0 radical (unpaired) electrons. The van der Waals surface area contributed by atoms with E-state index in [1.807, 2.05) is 42.5 Å². The molecule has 7 heteroatoms. The number of nitrogen functional groups attached to an aromatic ring is 1. The lowest BCUT2D eigenvalue weighted by atomic mass is 10.1. The van der Waals surface area contributed by atoms with Crippen LogP contribution in [0.3, 0.4) is 0 Å². The molecule has 0 aliphatic heterocycles. The minimum Gasteiger partial charge on any atom is -0.465 e. The predicted octanol–water partition coefficient (Wildman–Crippen LogP) is 4.19. The van der Waals surface area contributed by atoms with Crippen molar-refractivity contribution < 1.29 is 9.53 Å². The van der Waals surface area contributed by atoms with Gasteiger partial charge in [0.1, 0.15) is 5.56 Å². The number of hydrogen-bond donors (Lipinski definition) is 1. The third-order valence-corrected chi connectivity index (χ3v) is 4.67. The quantitative estimate of drug-likeness (QED) is 0.395. The fourth-order valence-electron chi connectivity index (χ4n) is 2.85. The Labute approximate surface area is 163 Å². The first-order valence-corrected chi connectivity index (χ1v) is 8.96. The van der Waals surface area contributed by atoms with Crippen LogP contribution in [0.25, 0.3) is 28.3 Å². The van der Waals surface area contributed by atoms with Crippen LogP contribution in [0.2, 0.25) is 0 Å². The summed E-state index contributed by atoms with van der Waals surface area (Å²) in [7, 11) is 1.35. The van der Waals surface area contributed by atoms with Crippen molar-refractivity contribution >= 4 is 33.2 Å². The van der Waals surface area contributed by atoms with E-state index in [1.54, 1.807) is 22.7 Å². The number of esters is 1. The van der Waals surface area contributed by atoms with Crippen molar-refractivity contribution in [3.8, 4) is 22.6 Å². The first kappa shape index (κ1) is 17.2. The first-order valence-electron chi connectivity index (χ1n) is 8.17. The zero-order chi connectivity index (χ0) is 19.0. The molecule has 4 aromatic rings. The molecule has 0 fully saturated rings. The lowest BCUT2D eigenvalue weighted by Gasteiger charge is -2.07. The summed E-state index contributed by atoms with van der Waals surface area (Å²) in [6.45, 7) is 0. The van der Waals surface area contributed by atoms with Crippen LogP contribution in [0.15, 0.2) is 65.1 Å². The molecular formula is C20H15BrN4O2. The van der Waals surface area contributed by atoms with Crippen molar-refractivity contribution in [3.63, 3.8) is 0 Å². The van der Waals surface area contributed by atoms with E-state index in [0.29, 0.717) is 22.7 Å². The van der Waals surface area contributed by atoms with Crippen molar-refractivity contribution in [2.45, 2.75) is 0 Å². The molecule has 0 spiro atoms. The van der Waals surface area contributed by atoms with Gasteiger partial charge in [0.05, 0.1) is 12.8 Å². The van der Waals surface area contributed by atoms with Crippen LogP contribution in [-0.4, -0.2) is 27.7 Å². The summed E-state index contributed by atoms with van der Waals surface area (Å²) in [6, 6.07) is 18.7. The van der Waals surface area contributed by atoms with Crippen LogP contribution in [0, 0.1) is 0 Å². The van der Waals surface area contributed by atoms with E-state index in [4.69, 9.17) is 10.5 Å². The van der Waals surface area contributed by atoms with Crippen LogP contribution in [0.4, 0.5) is 5.69 Å². The number of carbonyl (C=O) groups excluding carboxylic acids is 1. The fourth-order valence-corrected chi connectivity index (χ4v) is 3.25. The minimum absolute atomic E-state index is 0.352. The minimum atomic E-state index is -0.461. The molecule has 4 rings (SSSR count). The number of benzene rings is 2. The normalized spacial score (nSPS) is 10.9. The van der Waals surface area contributed by atoms with E-state index in [-0.39, 0.29) is 0 Å². The molecule has 2 heterocycles. The predicted molar refractivity (Wildman–Crippen MR) is 107 cm³/mol. The van der Waals surface area contributed by atoms with Gasteiger partial charge in [-0.15, -0.1) is 5.10 Å². The van der Waals surface area contributed by atoms with Gasteiger partial charge in [-0.25, -0.2) is 14.3 Å². The monoisotopic (exact) mass is 422 g/mol. The number of pyridine rings is 1. The van der Waals surface area contributed by atoms with Gasteiger partial charge in [-0.2, -0.15) is 0 Å². The number of anilines is 1. The average Bonchev–Trinajstić information content (AvgIpc) is 3.12. The second-order valence-electron chi connectivity index (χ2n) is 5.93. The maximum atomic E-state index is 12.2. The Hall–Kier alpha value is -3.19. The molecule has 2 aromatic carbocycles. The summed E-state index contributed by atoms with van der Waals surface area (Å²) in [6.07, 6.45) is 0. The van der Waals surface area contributed by atoms with Gasteiger partial charge in [-0.05, 0) is 48.5 Å². The standard InChI is InChI=1S/C20H15BrN4O2/c1-27-20(26)16-9-10-17(13-3-2-4-14(21)11-13)25-19(16)23-18(24-25)12-5-7-15(22)8-6-12/h2-11H,22H2,1H3.